The number of amides is 1. The lowest BCUT2D eigenvalue weighted by Crippen LogP contribution is -2.38. The number of benzene rings is 1. The highest BCUT2D eigenvalue weighted by Gasteiger charge is 2.16. The van der Waals surface area contributed by atoms with Crippen LogP contribution in [-0.4, -0.2) is 75.1 Å². The maximum atomic E-state index is 12.2. The maximum Gasteiger partial charge on any atom is 0.280 e. The summed E-state index contributed by atoms with van der Waals surface area (Å²) in [5.41, 5.74) is 17.9. The lowest BCUT2D eigenvalue weighted by molar-refractivity contribution is 0.0180. The number of methoxy groups -OCH3 is 1. The van der Waals surface area contributed by atoms with E-state index in [-0.39, 0.29) is 28.4 Å². The van der Waals surface area contributed by atoms with Gasteiger partial charge in [0.15, 0.2) is 28.4 Å². The average molecular weight is 524 g/mol. The Bertz CT molecular complexity index is 976. The fraction of sp³-hybridized carbons (Fsp3) is 0.478. The van der Waals surface area contributed by atoms with Crippen molar-refractivity contribution in [1.29, 1.82) is 0 Å². The molecule has 0 unspecified atom stereocenters. The van der Waals surface area contributed by atoms with E-state index in [1.54, 1.807) is 7.11 Å². The minimum absolute atomic E-state index is 0.0433. The van der Waals surface area contributed by atoms with Gasteiger partial charge >= 0.3 is 0 Å². The molecule has 1 aromatic carbocycles. The Labute approximate surface area is 215 Å². The van der Waals surface area contributed by atoms with Crippen molar-refractivity contribution < 1.29 is 23.7 Å². The average Bonchev–Trinajstić information content (AvgIpc) is 2.85. The molecule has 1 amide bonds. The van der Waals surface area contributed by atoms with Crippen molar-refractivity contribution in [1.82, 2.24) is 15.3 Å². The molecule has 0 atom stereocenters. The summed E-state index contributed by atoms with van der Waals surface area (Å²) in [6.45, 7) is 3.62. The third kappa shape index (κ3) is 11.0. The standard InChI is InChI=1S/C23H34ClN7O5/c1-33-10-11-34-12-13-35-14-15-36-17-7-5-16(6-8-17)4-2-3-9-28-23(27)31-22(32)18-20(25)30-21(26)19(24)29-18/h5-8H,2-4,9-15H2,1H3,(H4,25,26,30)(H3,27,28,31,32). The Hall–Kier alpha value is -3.19. The number of ether oxygens (including phenoxy) is 4. The van der Waals surface area contributed by atoms with Gasteiger partial charge in [-0.1, -0.05) is 23.7 Å². The van der Waals surface area contributed by atoms with Gasteiger partial charge in [-0.25, -0.2) is 9.97 Å². The molecule has 2 aromatic rings. The Morgan fingerprint density at radius 3 is 2.33 bits per heavy atom. The van der Waals surface area contributed by atoms with Crippen LogP contribution in [0.1, 0.15) is 28.9 Å². The molecule has 12 nitrogen and oxygen atoms in total. The molecular formula is C23H34ClN7O5. The van der Waals surface area contributed by atoms with Gasteiger partial charge in [0.05, 0.1) is 33.0 Å². The van der Waals surface area contributed by atoms with Crippen LogP contribution < -0.4 is 27.3 Å². The summed E-state index contributed by atoms with van der Waals surface area (Å²) in [5.74, 6) is -0.121. The number of hydrogen-bond acceptors (Lipinski definition) is 10. The number of aryl methyl sites for hydroxylation is 1. The van der Waals surface area contributed by atoms with E-state index in [4.69, 9.17) is 47.7 Å². The molecule has 0 fully saturated rings. The van der Waals surface area contributed by atoms with Crippen LogP contribution in [0.25, 0.3) is 0 Å². The van der Waals surface area contributed by atoms with Gasteiger partial charge in [-0.3, -0.25) is 15.1 Å². The molecule has 0 aliphatic rings. The van der Waals surface area contributed by atoms with Gasteiger partial charge in [0.1, 0.15) is 12.4 Å². The van der Waals surface area contributed by atoms with E-state index in [1.807, 2.05) is 24.3 Å². The smallest absolute Gasteiger partial charge is 0.280 e. The fourth-order valence-corrected chi connectivity index (χ4v) is 3.03. The molecule has 0 aliphatic heterocycles. The van der Waals surface area contributed by atoms with Crippen molar-refractivity contribution in [2.75, 3.05) is 64.8 Å². The number of nitrogens with zero attached hydrogens (tertiary/aromatic N) is 3. The van der Waals surface area contributed by atoms with E-state index in [0.29, 0.717) is 46.2 Å². The molecule has 36 heavy (non-hydrogen) atoms. The molecule has 13 heteroatoms. The monoisotopic (exact) mass is 523 g/mol. The number of rotatable bonds is 16. The van der Waals surface area contributed by atoms with E-state index < -0.39 is 5.91 Å². The zero-order chi connectivity index (χ0) is 26.2. The summed E-state index contributed by atoms with van der Waals surface area (Å²) in [6.07, 6.45) is 2.57. The number of guanidine groups is 1. The number of nitrogens with two attached hydrogens (primary N) is 3. The third-order valence-corrected chi connectivity index (χ3v) is 5.02. The van der Waals surface area contributed by atoms with Gasteiger partial charge in [0, 0.05) is 13.7 Å². The first kappa shape index (κ1) is 29.0. The Morgan fingerprint density at radius 2 is 1.64 bits per heavy atom. The topological polar surface area (TPSA) is 182 Å². The van der Waals surface area contributed by atoms with Crippen LogP contribution in [0.15, 0.2) is 29.3 Å². The molecule has 2 rings (SSSR count). The molecule has 0 bridgehead atoms. The van der Waals surface area contributed by atoms with Crippen molar-refractivity contribution in [3.8, 4) is 5.75 Å². The first-order valence-corrected chi connectivity index (χ1v) is 11.8. The Kier molecular flexibility index (Phi) is 13.3. The predicted octanol–water partition coefficient (Wildman–Crippen LogP) is 1.42. The zero-order valence-corrected chi connectivity index (χ0v) is 21.1. The second-order valence-corrected chi connectivity index (χ2v) is 7.88. The van der Waals surface area contributed by atoms with Crippen LogP contribution in [0.2, 0.25) is 5.15 Å². The van der Waals surface area contributed by atoms with Gasteiger partial charge in [0.25, 0.3) is 5.91 Å². The summed E-state index contributed by atoms with van der Waals surface area (Å²) in [7, 11) is 1.64. The van der Waals surface area contributed by atoms with Crippen LogP contribution in [0, 0.1) is 0 Å². The van der Waals surface area contributed by atoms with E-state index in [1.165, 1.54) is 5.56 Å². The highest BCUT2D eigenvalue weighted by atomic mass is 35.5. The number of nitrogen functional groups attached to an aromatic ring is 2. The van der Waals surface area contributed by atoms with E-state index in [2.05, 4.69) is 20.3 Å². The SMILES string of the molecule is COCCOCCOCCOc1ccc(CCCCN=C(N)NC(=O)c2nc(Cl)c(N)nc2N)cc1. The van der Waals surface area contributed by atoms with Crippen LogP contribution in [0.4, 0.5) is 11.6 Å². The summed E-state index contributed by atoms with van der Waals surface area (Å²) >= 11 is 5.78. The van der Waals surface area contributed by atoms with Crippen LogP contribution in [0.5, 0.6) is 5.75 Å². The quantitative estimate of drug-likeness (QED) is 0.142. The van der Waals surface area contributed by atoms with Gasteiger partial charge < -0.3 is 36.1 Å². The number of anilines is 2. The van der Waals surface area contributed by atoms with E-state index in [0.717, 1.165) is 25.0 Å². The fourth-order valence-electron chi connectivity index (χ4n) is 2.90. The van der Waals surface area contributed by atoms with Gasteiger partial charge in [-0.05, 0) is 37.0 Å². The van der Waals surface area contributed by atoms with Crippen molar-refractivity contribution in [3.63, 3.8) is 0 Å². The number of halogens is 1. The second-order valence-electron chi connectivity index (χ2n) is 7.52. The van der Waals surface area contributed by atoms with Crippen LogP contribution >= 0.6 is 11.6 Å². The van der Waals surface area contributed by atoms with Crippen LogP contribution in [-0.2, 0) is 20.6 Å². The minimum Gasteiger partial charge on any atom is -0.491 e. The van der Waals surface area contributed by atoms with Gasteiger partial charge in [0.2, 0.25) is 0 Å². The summed E-state index contributed by atoms with van der Waals surface area (Å²) < 4.78 is 21.3. The minimum atomic E-state index is -0.663. The molecule has 198 valence electrons. The number of carbonyl (C=O) groups excluding carboxylic acids is 1. The normalized spacial score (nSPS) is 11.4. The number of hydrogen-bond donors (Lipinski definition) is 4. The van der Waals surface area contributed by atoms with Crippen molar-refractivity contribution in [2.45, 2.75) is 19.3 Å². The molecule has 0 saturated heterocycles. The summed E-state index contributed by atoms with van der Waals surface area (Å²) in [6, 6.07) is 7.93. The summed E-state index contributed by atoms with van der Waals surface area (Å²) in [5, 5.41) is 2.29. The molecule has 0 aliphatic carbocycles. The summed E-state index contributed by atoms with van der Waals surface area (Å²) in [4.78, 5) is 23.9. The molecule has 1 heterocycles. The number of carbonyl (C=O) groups is 1. The van der Waals surface area contributed by atoms with E-state index >= 15 is 0 Å². The van der Waals surface area contributed by atoms with Crippen molar-refractivity contribution in [3.05, 3.63) is 40.7 Å². The van der Waals surface area contributed by atoms with Gasteiger partial charge in [-0.15, -0.1) is 0 Å². The first-order valence-electron chi connectivity index (χ1n) is 11.5. The van der Waals surface area contributed by atoms with Crippen molar-refractivity contribution in [2.24, 2.45) is 10.7 Å². The maximum absolute atomic E-state index is 12.2. The third-order valence-electron chi connectivity index (χ3n) is 4.74. The molecule has 0 radical (unpaired) electrons. The molecular weight excluding hydrogens is 490 g/mol. The highest BCUT2D eigenvalue weighted by Crippen LogP contribution is 2.17. The molecule has 0 spiro atoms. The lowest BCUT2D eigenvalue weighted by Gasteiger charge is -2.09. The van der Waals surface area contributed by atoms with E-state index in [9.17, 15) is 4.79 Å². The molecule has 7 N–H and O–H groups in total. The number of nitrogens with one attached hydrogen (secondary N) is 1. The number of unbranched alkanes of at least 4 members (excludes halogenated alkanes) is 1. The number of aliphatic imine (C=N–C) groups is 1. The second kappa shape index (κ2) is 16.5. The largest absolute Gasteiger partial charge is 0.491 e. The number of aromatic nitrogens is 2. The lowest BCUT2D eigenvalue weighted by atomic mass is 10.1. The van der Waals surface area contributed by atoms with Crippen molar-refractivity contribution >= 4 is 35.1 Å². The Morgan fingerprint density at radius 1 is 0.972 bits per heavy atom. The molecule has 1 aromatic heterocycles. The molecule has 0 saturated carbocycles. The van der Waals surface area contributed by atoms with Gasteiger partial charge in [-0.2, -0.15) is 0 Å². The first-order chi connectivity index (χ1) is 17.4. The zero-order valence-electron chi connectivity index (χ0n) is 20.4. The highest BCUT2D eigenvalue weighted by molar-refractivity contribution is 6.31. The Balaban J connectivity index is 1.59. The van der Waals surface area contributed by atoms with Crippen LogP contribution in [0.3, 0.4) is 0 Å². The predicted molar refractivity (Wildman–Crippen MR) is 138 cm³/mol.